The van der Waals surface area contributed by atoms with Crippen molar-refractivity contribution in [2.45, 2.75) is 32.4 Å². The third-order valence-electron chi connectivity index (χ3n) is 3.15. The van der Waals surface area contributed by atoms with Gasteiger partial charge in [0.05, 0.1) is 24.8 Å². The molecule has 1 aromatic rings. The topological polar surface area (TPSA) is 40.2 Å². The van der Waals surface area contributed by atoms with Crippen LogP contribution in [0.4, 0.5) is 0 Å². The van der Waals surface area contributed by atoms with Gasteiger partial charge in [-0.3, -0.25) is 4.90 Å². The fourth-order valence-electron chi connectivity index (χ4n) is 2.27. The van der Waals surface area contributed by atoms with Crippen molar-refractivity contribution in [1.82, 2.24) is 4.90 Å². The lowest BCUT2D eigenvalue weighted by Crippen LogP contribution is -2.37. The van der Waals surface area contributed by atoms with Gasteiger partial charge in [0.1, 0.15) is 5.76 Å². The van der Waals surface area contributed by atoms with Crippen molar-refractivity contribution in [3.05, 3.63) is 24.2 Å². The highest BCUT2D eigenvalue weighted by molar-refractivity contribution is 5.05. The van der Waals surface area contributed by atoms with Crippen LogP contribution in [0.5, 0.6) is 0 Å². The van der Waals surface area contributed by atoms with Crippen molar-refractivity contribution < 1.29 is 4.42 Å². The lowest BCUT2D eigenvalue weighted by molar-refractivity contribution is 0.154. The van der Waals surface area contributed by atoms with E-state index in [1.54, 1.807) is 6.26 Å². The van der Waals surface area contributed by atoms with Crippen LogP contribution in [0.15, 0.2) is 22.8 Å². The normalized spacial score (nSPS) is 25.3. The summed E-state index contributed by atoms with van der Waals surface area (Å²) in [7, 11) is 0. The Morgan fingerprint density at radius 1 is 1.67 bits per heavy atom. The Balaban J connectivity index is 2.07. The van der Waals surface area contributed by atoms with Gasteiger partial charge in [-0.1, -0.05) is 0 Å². The van der Waals surface area contributed by atoms with Gasteiger partial charge in [-0.15, -0.1) is 0 Å². The number of nitriles is 1. The van der Waals surface area contributed by atoms with Crippen molar-refractivity contribution in [2.75, 3.05) is 6.54 Å². The second-order valence-electron chi connectivity index (χ2n) is 4.80. The molecule has 1 aliphatic rings. The minimum absolute atomic E-state index is 0.104. The van der Waals surface area contributed by atoms with Gasteiger partial charge in [0, 0.05) is 12.1 Å². The molecule has 1 saturated heterocycles. The van der Waals surface area contributed by atoms with Gasteiger partial charge in [0.2, 0.25) is 0 Å². The van der Waals surface area contributed by atoms with Crippen molar-refractivity contribution in [3.8, 4) is 6.07 Å². The van der Waals surface area contributed by atoms with Gasteiger partial charge in [-0.05, 0) is 32.4 Å². The quantitative estimate of drug-likeness (QED) is 0.742. The van der Waals surface area contributed by atoms with E-state index in [0.717, 1.165) is 25.3 Å². The third kappa shape index (κ3) is 2.05. The molecule has 15 heavy (non-hydrogen) atoms. The van der Waals surface area contributed by atoms with Crippen LogP contribution in [0.25, 0.3) is 0 Å². The average Bonchev–Trinajstić information content (AvgIpc) is 2.76. The molecule has 3 nitrogen and oxygen atoms in total. The second kappa shape index (κ2) is 3.71. The first-order valence-corrected chi connectivity index (χ1v) is 5.29. The molecule has 1 unspecified atom stereocenters. The van der Waals surface area contributed by atoms with E-state index in [-0.39, 0.29) is 11.5 Å². The molecule has 0 N–H and O–H groups in total. The highest BCUT2D eigenvalue weighted by atomic mass is 16.3. The van der Waals surface area contributed by atoms with Gasteiger partial charge in [-0.25, -0.2) is 0 Å². The van der Waals surface area contributed by atoms with Crippen molar-refractivity contribution in [2.24, 2.45) is 5.92 Å². The molecule has 0 aromatic carbocycles. The first kappa shape index (κ1) is 10.3. The molecule has 2 rings (SSSR count). The number of furan rings is 1. The predicted octanol–water partition coefficient (Wildman–Crippen LogP) is 2.40. The monoisotopic (exact) mass is 204 g/mol. The number of hydrogen-bond donors (Lipinski definition) is 0. The summed E-state index contributed by atoms with van der Waals surface area (Å²) in [4.78, 5) is 2.32. The Morgan fingerprint density at radius 2 is 2.47 bits per heavy atom. The Morgan fingerprint density at radius 3 is 3.00 bits per heavy atom. The molecular weight excluding hydrogens is 188 g/mol. The summed E-state index contributed by atoms with van der Waals surface area (Å²) in [6.45, 7) is 6.03. The number of nitrogens with zero attached hydrogens (tertiary/aromatic N) is 2. The first-order valence-electron chi connectivity index (χ1n) is 5.29. The average molecular weight is 204 g/mol. The fraction of sp³-hybridized carbons (Fsp3) is 0.583. The van der Waals surface area contributed by atoms with Crippen molar-refractivity contribution >= 4 is 0 Å². The minimum atomic E-state index is 0.104. The zero-order chi connectivity index (χ0) is 10.9. The number of likely N-dealkylation sites (tertiary alicyclic amines) is 1. The van der Waals surface area contributed by atoms with E-state index in [1.165, 1.54) is 0 Å². The zero-order valence-electron chi connectivity index (χ0n) is 9.23. The van der Waals surface area contributed by atoms with Gasteiger partial charge >= 0.3 is 0 Å². The van der Waals surface area contributed by atoms with Crippen LogP contribution in [-0.2, 0) is 6.54 Å². The Hall–Kier alpha value is -1.27. The van der Waals surface area contributed by atoms with E-state index in [0.29, 0.717) is 0 Å². The van der Waals surface area contributed by atoms with E-state index >= 15 is 0 Å². The van der Waals surface area contributed by atoms with Gasteiger partial charge in [0.15, 0.2) is 0 Å². The van der Waals surface area contributed by atoms with E-state index in [4.69, 9.17) is 9.68 Å². The molecule has 3 heteroatoms. The van der Waals surface area contributed by atoms with E-state index in [1.807, 2.05) is 12.1 Å². The van der Waals surface area contributed by atoms with Crippen LogP contribution in [0.2, 0.25) is 0 Å². The summed E-state index contributed by atoms with van der Waals surface area (Å²) in [5.74, 6) is 1.14. The summed E-state index contributed by atoms with van der Waals surface area (Å²) >= 11 is 0. The van der Waals surface area contributed by atoms with Crippen LogP contribution in [0.1, 0.15) is 26.0 Å². The van der Waals surface area contributed by atoms with Crippen LogP contribution in [0.3, 0.4) is 0 Å². The molecule has 0 radical (unpaired) electrons. The highest BCUT2D eigenvalue weighted by Gasteiger charge is 2.38. The molecule has 0 bridgehead atoms. The van der Waals surface area contributed by atoms with Crippen LogP contribution < -0.4 is 0 Å². The molecule has 1 aromatic heterocycles. The smallest absolute Gasteiger partial charge is 0.117 e. The molecule has 80 valence electrons. The fourth-order valence-corrected chi connectivity index (χ4v) is 2.27. The summed E-state index contributed by atoms with van der Waals surface area (Å²) in [6.07, 6.45) is 2.64. The van der Waals surface area contributed by atoms with Gasteiger partial charge < -0.3 is 4.42 Å². The van der Waals surface area contributed by atoms with Crippen molar-refractivity contribution in [3.63, 3.8) is 0 Å². The molecule has 0 amide bonds. The molecule has 0 saturated carbocycles. The third-order valence-corrected chi connectivity index (χ3v) is 3.15. The Bertz CT molecular complexity index is 361. The number of rotatable bonds is 2. The van der Waals surface area contributed by atoms with Crippen LogP contribution in [0, 0.1) is 17.2 Å². The van der Waals surface area contributed by atoms with Crippen LogP contribution in [-0.4, -0.2) is 17.0 Å². The van der Waals surface area contributed by atoms with E-state index < -0.39 is 0 Å². The molecule has 1 aliphatic heterocycles. The summed E-state index contributed by atoms with van der Waals surface area (Å²) in [6, 6.07) is 6.24. The molecular formula is C12H16N2O. The molecule has 1 atom stereocenters. The standard InChI is InChI=1S/C12H16N2O/c1-12(2)6-10(7-13)8-14(12)9-11-4-3-5-15-11/h3-5,10H,6,8-9H2,1-2H3. The van der Waals surface area contributed by atoms with Gasteiger partial charge in [-0.2, -0.15) is 5.26 Å². The maximum absolute atomic E-state index is 8.94. The maximum atomic E-state index is 8.94. The Labute approximate surface area is 90.3 Å². The Kier molecular flexibility index (Phi) is 2.54. The minimum Gasteiger partial charge on any atom is -0.468 e. The zero-order valence-corrected chi connectivity index (χ0v) is 9.23. The highest BCUT2D eigenvalue weighted by Crippen LogP contribution is 2.33. The first-order chi connectivity index (χ1) is 7.12. The lowest BCUT2D eigenvalue weighted by atomic mass is 9.97. The summed E-state index contributed by atoms with van der Waals surface area (Å²) in [5, 5.41) is 8.94. The number of hydrogen-bond acceptors (Lipinski definition) is 3. The molecule has 2 heterocycles. The van der Waals surface area contributed by atoms with Crippen molar-refractivity contribution in [1.29, 1.82) is 5.26 Å². The van der Waals surface area contributed by atoms with E-state index in [2.05, 4.69) is 24.8 Å². The molecule has 0 spiro atoms. The molecule has 1 fully saturated rings. The van der Waals surface area contributed by atoms with E-state index in [9.17, 15) is 0 Å². The largest absolute Gasteiger partial charge is 0.468 e. The summed E-state index contributed by atoms with van der Waals surface area (Å²) < 4.78 is 5.33. The molecule has 0 aliphatic carbocycles. The van der Waals surface area contributed by atoms with Gasteiger partial charge in [0.25, 0.3) is 0 Å². The second-order valence-corrected chi connectivity index (χ2v) is 4.80. The van der Waals surface area contributed by atoms with Crippen LogP contribution >= 0.6 is 0 Å². The lowest BCUT2D eigenvalue weighted by Gasteiger charge is -2.30. The SMILES string of the molecule is CC1(C)CC(C#N)CN1Cc1ccco1. The maximum Gasteiger partial charge on any atom is 0.117 e. The predicted molar refractivity (Wildman–Crippen MR) is 56.9 cm³/mol. The summed E-state index contributed by atoms with van der Waals surface area (Å²) in [5.41, 5.74) is 0.104.